The van der Waals surface area contributed by atoms with Gasteiger partial charge in [0.25, 0.3) is 0 Å². The first-order valence-corrected chi connectivity index (χ1v) is 7.22. The van der Waals surface area contributed by atoms with Crippen molar-refractivity contribution in [1.29, 1.82) is 0 Å². The Morgan fingerprint density at radius 3 is 2.31 bits per heavy atom. The lowest BCUT2D eigenvalue weighted by molar-refractivity contribution is 0.114. The van der Waals surface area contributed by atoms with Crippen LogP contribution in [0.25, 0.3) is 0 Å². The van der Waals surface area contributed by atoms with Gasteiger partial charge in [0.15, 0.2) is 0 Å². The monoisotopic (exact) mass is 224 g/mol. The first kappa shape index (κ1) is 12.4. The Hall–Kier alpha value is -0.0800. The molecular weight excluding hydrogens is 196 g/mol. The van der Waals surface area contributed by atoms with Crippen LogP contribution in [0.15, 0.2) is 0 Å². The van der Waals surface area contributed by atoms with Crippen molar-refractivity contribution in [3.05, 3.63) is 0 Å². The Bertz CT molecular complexity index is 195. The van der Waals surface area contributed by atoms with Gasteiger partial charge in [-0.2, -0.15) is 0 Å². The van der Waals surface area contributed by atoms with E-state index in [4.69, 9.17) is 0 Å². The third kappa shape index (κ3) is 3.21. The molecule has 2 rings (SSSR count). The van der Waals surface area contributed by atoms with E-state index in [0.29, 0.717) is 6.04 Å². The van der Waals surface area contributed by atoms with Gasteiger partial charge in [0.1, 0.15) is 0 Å². The minimum Gasteiger partial charge on any atom is -0.312 e. The minimum atomic E-state index is 0.701. The van der Waals surface area contributed by atoms with E-state index in [2.05, 4.69) is 24.2 Å². The van der Waals surface area contributed by atoms with Crippen molar-refractivity contribution in [3.63, 3.8) is 0 Å². The standard InChI is InChI=1S/C14H28N2/c1-12(16(2)14-9-6-10-14)11-15-13-7-4-3-5-8-13/h12-15H,3-11H2,1-2H3. The van der Waals surface area contributed by atoms with Crippen molar-refractivity contribution in [2.24, 2.45) is 0 Å². The quantitative estimate of drug-likeness (QED) is 0.772. The second-order valence-corrected chi connectivity index (χ2v) is 5.84. The second kappa shape index (κ2) is 6.02. The third-order valence-corrected chi connectivity index (χ3v) is 4.65. The number of likely N-dealkylation sites (N-methyl/N-ethyl adjacent to an activating group) is 1. The van der Waals surface area contributed by atoms with E-state index in [0.717, 1.165) is 12.1 Å². The summed E-state index contributed by atoms with van der Waals surface area (Å²) < 4.78 is 0. The zero-order chi connectivity index (χ0) is 11.4. The van der Waals surface area contributed by atoms with Gasteiger partial charge in [0.05, 0.1) is 0 Å². The minimum absolute atomic E-state index is 0.701. The number of nitrogens with one attached hydrogen (secondary N) is 1. The van der Waals surface area contributed by atoms with Crippen molar-refractivity contribution < 1.29 is 0 Å². The zero-order valence-corrected chi connectivity index (χ0v) is 11.0. The van der Waals surface area contributed by atoms with Crippen LogP contribution in [0.4, 0.5) is 0 Å². The lowest BCUT2D eigenvalue weighted by atomic mass is 9.91. The van der Waals surface area contributed by atoms with Crippen molar-refractivity contribution >= 4 is 0 Å². The van der Waals surface area contributed by atoms with Gasteiger partial charge >= 0.3 is 0 Å². The molecule has 2 saturated carbocycles. The summed E-state index contributed by atoms with van der Waals surface area (Å²) in [5.74, 6) is 0. The number of hydrogen-bond acceptors (Lipinski definition) is 2. The predicted octanol–water partition coefficient (Wildman–Crippen LogP) is 2.78. The molecule has 0 aromatic carbocycles. The van der Waals surface area contributed by atoms with Gasteiger partial charge in [-0.3, -0.25) is 4.90 Å². The summed E-state index contributed by atoms with van der Waals surface area (Å²) in [6, 6.07) is 2.39. The van der Waals surface area contributed by atoms with Crippen molar-refractivity contribution in [2.75, 3.05) is 13.6 Å². The molecule has 0 aromatic rings. The molecule has 2 aliphatic rings. The normalized spacial score (nSPS) is 25.7. The molecule has 0 bridgehead atoms. The lowest BCUT2D eigenvalue weighted by Crippen LogP contribution is -2.48. The highest BCUT2D eigenvalue weighted by Gasteiger charge is 2.25. The molecule has 0 aliphatic heterocycles. The van der Waals surface area contributed by atoms with Gasteiger partial charge in [0, 0.05) is 24.7 Å². The van der Waals surface area contributed by atoms with E-state index >= 15 is 0 Å². The molecule has 94 valence electrons. The van der Waals surface area contributed by atoms with Crippen LogP contribution in [0.5, 0.6) is 0 Å². The number of nitrogens with zero attached hydrogens (tertiary/aromatic N) is 1. The van der Waals surface area contributed by atoms with Crippen LogP contribution in [0.2, 0.25) is 0 Å². The molecule has 1 unspecified atom stereocenters. The molecule has 16 heavy (non-hydrogen) atoms. The maximum Gasteiger partial charge on any atom is 0.0192 e. The van der Waals surface area contributed by atoms with Crippen LogP contribution in [-0.4, -0.2) is 36.6 Å². The summed E-state index contributed by atoms with van der Waals surface area (Å²) in [6.07, 6.45) is 11.4. The summed E-state index contributed by atoms with van der Waals surface area (Å²) in [7, 11) is 2.30. The van der Waals surface area contributed by atoms with Crippen molar-refractivity contribution in [1.82, 2.24) is 10.2 Å². The highest BCUT2D eigenvalue weighted by atomic mass is 15.2. The molecular formula is C14H28N2. The fraction of sp³-hybridized carbons (Fsp3) is 1.00. The SMILES string of the molecule is CC(CNC1CCCCC1)N(C)C1CCC1. The van der Waals surface area contributed by atoms with Gasteiger partial charge in [-0.25, -0.2) is 0 Å². The van der Waals surface area contributed by atoms with E-state index in [1.807, 2.05) is 0 Å². The second-order valence-electron chi connectivity index (χ2n) is 5.84. The van der Waals surface area contributed by atoms with E-state index in [1.165, 1.54) is 57.9 Å². The molecule has 2 fully saturated rings. The van der Waals surface area contributed by atoms with Gasteiger partial charge in [-0.15, -0.1) is 0 Å². The Kier molecular flexibility index (Phi) is 4.66. The Balaban J connectivity index is 1.63. The summed E-state index contributed by atoms with van der Waals surface area (Å²) in [4.78, 5) is 2.58. The molecule has 0 aromatic heterocycles. The molecule has 0 spiro atoms. The summed E-state index contributed by atoms with van der Waals surface area (Å²) in [5.41, 5.74) is 0. The summed E-state index contributed by atoms with van der Waals surface area (Å²) >= 11 is 0. The molecule has 1 N–H and O–H groups in total. The van der Waals surface area contributed by atoms with Gasteiger partial charge in [0.2, 0.25) is 0 Å². The van der Waals surface area contributed by atoms with Crippen LogP contribution in [0.1, 0.15) is 58.3 Å². The van der Waals surface area contributed by atoms with Crippen molar-refractivity contribution in [3.8, 4) is 0 Å². The highest BCUT2D eigenvalue weighted by Crippen LogP contribution is 2.25. The first-order valence-electron chi connectivity index (χ1n) is 7.22. The average Bonchev–Trinajstić information content (AvgIpc) is 2.25. The van der Waals surface area contributed by atoms with Crippen LogP contribution >= 0.6 is 0 Å². The highest BCUT2D eigenvalue weighted by molar-refractivity contribution is 4.83. The van der Waals surface area contributed by atoms with Crippen molar-refractivity contribution in [2.45, 2.75) is 76.4 Å². The number of hydrogen-bond donors (Lipinski definition) is 1. The maximum absolute atomic E-state index is 3.76. The fourth-order valence-corrected chi connectivity index (χ4v) is 2.94. The molecule has 0 amide bonds. The van der Waals surface area contributed by atoms with Crippen LogP contribution < -0.4 is 5.32 Å². The van der Waals surface area contributed by atoms with E-state index in [-0.39, 0.29) is 0 Å². The predicted molar refractivity (Wildman–Crippen MR) is 69.7 cm³/mol. The van der Waals surface area contributed by atoms with Crippen LogP contribution in [0, 0.1) is 0 Å². The Morgan fingerprint density at radius 2 is 1.75 bits per heavy atom. The topological polar surface area (TPSA) is 15.3 Å². The Labute approximate surface area is 101 Å². The average molecular weight is 224 g/mol. The molecule has 2 aliphatic carbocycles. The van der Waals surface area contributed by atoms with Gasteiger partial charge < -0.3 is 5.32 Å². The maximum atomic E-state index is 3.76. The molecule has 2 nitrogen and oxygen atoms in total. The number of rotatable bonds is 5. The largest absolute Gasteiger partial charge is 0.312 e. The summed E-state index contributed by atoms with van der Waals surface area (Å²) in [5, 5.41) is 3.76. The first-order chi connectivity index (χ1) is 7.77. The molecule has 1 atom stereocenters. The Morgan fingerprint density at radius 1 is 1.06 bits per heavy atom. The lowest BCUT2D eigenvalue weighted by Gasteiger charge is -2.39. The van der Waals surface area contributed by atoms with Crippen LogP contribution in [0.3, 0.4) is 0 Å². The van der Waals surface area contributed by atoms with Gasteiger partial charge in [-0.1, -0.05) is 25.7 Å². The molecule has 0 heterocycles. The molecule has 0 radical (unpaired) electrons. The van der Waals surface area contributed by atoms with E-state index in [9.17, 15) is 0 Å². The molecule has 2 heteroatoms. The van der Waals surface area contributed by atoms with E-state index in [1.54, 1.807) is 0 Å². The third-order valence-electron chi connectivity index (χ3n) is 4.65. The fourth-order valence-electron chi connectivity index (χ4n) is 2.94. The van der Waals surface area contributed by atoms with Crippen LogP contribution in [-0.2, 0) is 0 Å². The molecule has 0 saturated heterocycles. The van der Waals surface area contributed by atoms with Gasteiger partial charge in [-0.05, 0) is 39.7 Å². The van der Waals surface area contributed by atoms with E-state index < -0.39 is 0 Å². The smallest absolute Gasteiger partial charge is 0.0192 e. The summed E-state index contributed by atoms with van der Waals surface area (Å²) in [6.45, 7) is 3.55. The zero-order valence-electron chi connectivity index (χ0n) is 11.0.